The molecule has 0 radical (unpaired) electrons. The van der Waals surface area contributed by atoms with Crippen molar-refractivity contribution in [3.05, 3.63) is 34.3 Å². The zero-order valence-corrected chi connectivity index (χ0v) is 12.6. The van der Waals surface area contributed by atoms with E-state index in [9.17, 15) is 9.59 Å². The lowest BCUT2D eigenvalue weighted by molar-refractivity contribution is -0.133. The second-order valence-corrected chi connectivity index (χ2v) is 5.62. The van der Waals surface area contributed by atoms with Gasteiger partial charge in [0.05, 0.1) is 0 Å². The summed E-state index contributed by atoms with van der Waals surface area (Å²) in [5.74, 6) is -0.814. The fraction of sp³-hybridized carbons (Fsp3) is 0.429. The number of halogens is 1. The van der Waals surface area contributed by atoms with E-state index in [1.807, 2.05) is 24.3 Å². The van der Waals surface area contributed by atoms with Gasteiger partial charge in [0, 0.05) is 17.5 Å². The van der Waals surface area contributed by atoms with E-state index in [0.29, 0.717) is 19.4 Å². The highest BCUT2D eigenvalue weighted by molar-refractivity contribution is 9.10. The Labute approximate surface area is 126 Å². The lowest BCUT2D eigenvalue weighted by Crippen LogP contribution is -2.49. The summed E-state index contributed by atoms with van der Waals surface area (Å²) >= 11 is 3.42. The quantitative estimate of drug-likeness (QED) is 0.843. The molecule has 0 aromatic heterocycles. The standard InChI is InChI=1S/C14H17BrN2O3/c15-10-5-2-1-4-9(10)8-11(13(16)18)17-14(19)12-6-3-7-20-12/h1-2,4-5,11-12H,3,6-8H2,(H2,16,18)(H,17,19)/t11-,12+/m0/s1. The zero-order valence-electron chi connectivity index (χ0n) is 11.0. The van der Waals surface area contributed by atoms with Gasteiger partial charge in [0.15, 0.2) is 0 Å². The molecule has 1 saturated heterocycles. The number of nitrogens with one attached hydrogen (secondary N) is 1. The Morgan fingerprint density at radius 1 is 1.45 bits per heavy atom. The molecule has 1 fully saturated rings. The molecule has 0 spiro atoms. The van der Waals surface area contributed by atoms with Crippen LogP contribution in [0.25, 0.3) is 0 Å². The Hall–Kier alpha value is -1.40. The number of amides is 2. The van der Waals surface area contributed by atoms with Gasteiger partial charge < -0.3 is 15.8 Å². The molecule has 108 valence electrons. The van der Waals surface area contributed by atoms with Crippen LogP contribution in [0.4, 0.5) is 0 Å². The molecule has 2 rings (SSSR count). The van der Waals surface area contributed by atoms with E-state index in [1.165, 1.54) is 0 Å². The molecule has 2 amide bonds. The van der Waals surface area contributed by atoms with Gasteiger partial charge in [-0.2, -0.15) is 0 Å². The number of hydrogen-bond donors (Lipinski definition) is 2. The molecule has 2 atom stereocenters. The molecule has 5 nitrogen and oxygen atoms in total. The van der Waals surface area contributed by atoms with Gasteiger partial charge in [0.25, 0.3) is 0 Å². The first-order chi connectivity index (χ1) is 9.58. The molecule has 3 N–H and O–H groups in total. The topological polar surface area (TPSA) is 81.4 Å². The van der Waals surface area contributed by atoms with Crippen molar-refractivity contribution >= 4 is 27.7 Å². The van der Waals surface area contributed by atoms with Gasteiger partial charge in [-0.1, -0.05) is 34.1 Å². The molecule has 1 aliphatic rings. The number of primary amides is 1. The van der Waals surface area contributed by atoms with Crippen LogP contribution in [0, 0.1) is 0 Å². The number of nitrogens with two attached hydrogens (primary N) is 1. The van der Waals surface area contributed by atoms with Crippen molar-refractivity contribution in [2.24, 2.45) is 5.73 Å². The summed E-state index contributed by atoms with van der Waals surface area (Å²) in [5.41, 5.74) is 6.29. The molecule has 20 heavy (non-hydrogen) atoms. The molecule has 1 aromatic carbocycles. The summed E-state index contributed by atoms with van der Waals surface area (Å²) in [6.45, 7) is 0.587. The lowest BCUT2D eigenvalue weighted by atomic mass is 10.0. The highest BCUT2D eigenvalue weighted by atomic mass is 79.9. The van der Waals surface area contributed by atoms with Gasteiger partial charge in [-0.25, -0.2) is 0 Å². The van der Waals surface area contributed by atoms with Crippen LogP contribution in [0.2, 0.25) is 0 Å². The van der Waals surface area contributed by atoms with Gasteiger partial charge in [0.1, 0.15) is 12.1 Å². The highest BCUT2D eigenvalue weighted by Gasteiger charge is 2.27. The molecule has 0 aliphatic carbocycles. The molecule has 1 aromatic rings. The maximum Gasteiger partial charge on any atom is 0.249 e. The van der Waals surface area contributed by atoms with Gasteiger partial charge in [-0.15, -0.1) is 0 Å². The van der Waals surface area contributed by atoms with Crippen LogP contribution in [0.15, 0.2) is 28.7 Å². The molecular weight excluding hydrogens is 324 g/mol. The smallest absolute Gasteiger partial charge is 0.249 e. The van der Waals surface area contributed by atoms with Crippen LogP contribution >= 0.6 is 15.9 Å². The van der Waals surface area contributed by atoms with E-state index in [2.05, 4.69) is 21.2 Å². The largest absolute Gasteiger partial charge is 0.368 e. The van der Waals surface area contributed by atoms with Gasteiger partial charge in [-0.05, 0) is 24.5 Å². The average Bonchev–Trinajstić information content (AvgIpc) is 2.94. The fourth-order valence-electron chi connectivity index (χ4n) is 2.16. The first kappa shape index (κ1) is 15.0. The Bertz CT molecular complexity index is 501. The van der Waals surface area contributed by atoms with Gasteiger partial charge >= 0.3 is 0 Å². The Balaban J connectivity index is 2.02. The van der Waals surface area contributed by atoms with Crippen LogP contribution in [-0.2, 0) is 20.7 Å². The molecule has 1 heterocycles. The number of rotatable bonds is 5. The summed E-state index contributed by atoms with van der Waals surface area (Å²) in [6, 6.07) is 6.80. The average molecular weight is 341 g/mol. The van der Waals surface area contributed by atoms with Crippen LogP contribution in [0.5, 0.6) is 0 Å². The van der Waals surface area contributed by atoms with Crippen molar-refractivity contribution in [2.45, 2.75) is 31.4 Å². The normalized spacial score (nSPS) is 19.6. The molecule has 0 saturated carbocycles. The first-order valence-corrected chi connectivity index (χ1v) is 7.32. The third kappa shape index (κ3) is 3.80. The summed E-state index contributed by atoms with van der Waals surface area (Å²) in [6.07, 6.45) is 1.45. The minimum absolute atomic E-state index is 0.265. The number of ether oxygens (including phenoxy) is 1. The van der Waals surface area contributed by atoms with Crippen molar-refractivity contribution < 1.29 is 14.3 Å². The predicted molar refractivity (Wildman–Crippen MR) is 77.9 cm³/mol. The monoisotopic (exact) mass is 340 g/mol. The molecule has 1 aliphatic heterocycles. The van der Waals surface area contributed by atoms with E-state index < -0.39 is 18.1 Å². The highest BCUT2D eigenvalue weighted by Crippen LogP contribution is 2.18. The minimum atomic E-state index is -0.731. The minimum Gasteiger partial charge on any atom is -0.368 e. The van der Waals surface area contributed by atoms with E-state index in [-0.39, 0.29) is 5.91 Å². The van der Waals surface area contributed by atoms with E-state index in [0.717, 1.165) is 16.5 Å². The summed E-state index contributed by atoms with van der Waals surface area (Å²) in [4.78, 5) is 23.5. The van der Waals surface area contributed by atoms with Gasteiger partial charge in [0.2, 0.25) is 11.8 Å². The van der Waals surface area contributed by atoms with Crippen molar-refractivity contribution in [3.63, 3.8) is 0 Å². The predicted octanol–water partition coefficient (Wildman–Crippen LogP) is 1.14. The molecule has 6 heteroatoms. The third-order valence-corrected chi connectivity index (χ3v) is 4.04. The fourth-order valence-corrected chi connectivity index (χ4v) is 2.60. The van der Waals surface area contributed by atoms with E-state index >= 15 is 0 Å². The van der Waals surface area contributed by atoms with Crippen LogP contribution < -0.4 is 11.1 Å². The Kier molecular flexibility index (Phi) is 5.14. The molecular formula is C14H17BrN2O3. The number of carbonyl (C=O) groups excluding carboxylic acids is 2. The van der Waals surface area contributed by atoms with E-state index in [4.69, 9.17) is 10.5 Å². The molecule has 0 unspecified atom stereocenters. The number of carbonyl (C=O) groups is 2. The second-order valence-electron chi connectivity index (χ2n) is 4.76. The maximum atomic E-state index is 12.0. The second kappa shape index (κ2) is 6.85. The Morgan fingerprint density at radius 2 is 2.20 bits per heavy atom. The van der Waals surface area contributed by atoms with Crippen LogP contribution in [0.3, 0.4) is 0 Å². The zero-order chi connectivity index (χ0) is 14.5. The summed E-state index contributed by atoms with van der Waals surface area (Å²) in [5, 5.41) is 2.67. The van der Waals surface area contributed by atoms with Gasteiger partial charge in [-0.3, -0.25) is 9.59 Å². The van der Waals surface area contributed by atoms with Crippen molar-refractivity contribution in [2.75, 3.05) is 6.61 Å². The van der Waals surface area contributed by atoms with Crippen LogP contribution in [0.1, 0.15) is 18.4 Å². The van der Waals surface area contributed by atoms with Crippen molar-refractivity contribution in [1.82, 2.24) is 5.32 Å². The SMILES string of the molecule is NC(=O)[C@H](Cc1ccccc1Br)NC(=O)[C@H]1CCCO1. The first-order valence-electron chi connectivity index (χ1n) is 6.52. The Morgan fingerprint density at radius 3 is 2.80 bits per heavy atom. The lowest BCUT2D eigenvalue weighted by Gasteiger charge is -2.18. The maximum absolute atomic E-state index is 12.0. The van der Waals surface area contributed by atoms with Crippen molar-refractivity contribution in [1.29, 1.82) is 0 Å². The summed E-state index contributed by atoms with van der Waals surface area (Å²) in [7, 11) is 0. The van der Waals surface area contributed by atoms with Crippen molar-refractivity contribution in [3.8, 4) is 0 Å². The molecule has 0 bridgehead atoms. The van der Waals surface area contributed by atoms with Crippen LogP contribution in [-0.4, -0.2) is 30.6 Å². The van der Waals surface area contributed by atoms with E-state index in [1.54, 1.807) is 0 Å². The summed E-state index contributed by atoms with van der Waals surface area (Å²) < 4.78 is 6.18. The number of hydrogen-bond acceptors (Lipinski definition) is 3. The number of benzene rings is 1. The third-order valence-electron chi connectivity index (χ3n) is 3.26.